The Morgan fingerprint density at radius 2 is 1.55 bits per heavy atom. The van der Waals surface area contributed by atoms with E-state index in [1.807, 2.05) is 0 Å². The molecule has 4 bridgehead atoms. The molecule has 5 nitrogen and oxygen atoms in total. The zero-order valence-electron chi connectivity index (χ0n) is 16.2. The maximum absolute atomic E-state index is 11.2. The summed E-state index contributed by atoms with van der Waals surface area (Å²) in [5, 5.41) is 29.2. The van der Waals surface area contributed by atoms with Crippen LogP contribution in [-0.4, -0.2) is 27.5 Å². The fraction of sp³-hybridized carbons (Fsp3) is 0.417. The van der Waals surface area contributed by atoms with Crippen molar-refractivity contribution in [2.45, 2.75) is 43.9 Å². The van der Waals surface area contributed by atoms with Crippen LogP contribution in [-0.2, 0) is 5.41 Å². The Bertz CT molecular complexity index is 975. The van der Waals surface area contributed by atoms with Crippen LogP contribution >= 0.6 is 0 Å². The van der Waals surface area contributed by atoms with Crippen LogP contribution in [0.15, 0.2) is 41.4 Å². The molecule has 0 aliphatic heterocycles. The van der Waals surface area contributed by atoms with Crippen LogP contribution in [0.2, 0.25) is 0 Å². The van der Waals surface area contributed by atoms with Crippen molar-refractivity contribution in [3.05, 3.63) is 53.1 Å². The van der Waals surface area contributed by atoms with Crippen LogP contribution in [0, 0.1) is 17.8 Å². The van der Waals surface area contributed by atoms with Crippen LogP contribution in [0.4, 0.5) is 5.69 Å². The molecule has 2 aromatic carbocycles. The molecule has 0 radical (unpaired) electrons. The van der Waals surface area contributed by atoms with Gasteiger partial charge in [0.25, 0.3) is 0 Å². The van der Waals surface area contributed by atoms with Crippen molar-refractivity contribution in [1.29, 1.82) is 0 Å². The highest BCUT2D eigenvalue weighted by molar-refractivity contribution is 5.92. The summed E-state index contributed by atoms with van der Waals surface area (Å²) in [4.78, 5) is 15.6. The first-order valence-electron chi connectivity index (χ1n) is 10.4. The third-order valence-electron chi connectivity index (χ3n) is 7.24. The molecule has 4 aliphatic carbocycles. The summed E-state index contributed by atoms with van der Waals surface area (Å²) in [7, 11) is 0. The molecule has 0 unspecified atom stereocenters. The van der Waals surface area contributed by atoms with Crippen molar-refractivity contribution >= 4 is 17.9 Å². The molecule has 0 heterocycles. The average molecular weight is 391 g/mol. The van der Waals surface area contributed by atoms with Gasteiger partial charge in [0.05, 0.1) is 5.69 Å². The molecule has 4 aliphatic rings. The van der Waals surface area contributed by atoms with Gasteiger partial charge in [-0.25, -0.2) is 4.79 Å². The highest BCUT2D eigenvalue weighted by atomic mass is 16.4. The lowest BCUT2D eigenvalue weighted by Crippen LogP contribution is -2.48. The Morgan fingerprint density at radius 3 is 2.17 bits per heavy atom. The second-order valence-corrected chi connectivity index (χ2v) is 9.24. The van der Waals surface area contributed by atoms with Gasteiger partial charge in [0.15, 0.2) is 0 Å². The van der Waals surface area contributed by atoms with E-state index in [0.29, 0.717) is 11.3 Å². The number of hydrogen-bond donors (Lipinski definition) is 3. The number of rotatable bonds is 4. The zero-order valence-corrected chi connectivity index (χ0v) is 16.2. The van der Waals surface area contributed by atoms with Crippen molar-refractivity contribution < 1.29 is 20.1 Å². The summed E-state index contributed by atoms with van der Waals surface area (Å²) in [5.41, 5.74) is 2.40. The number of nitrogens with zero attached hydrogens (tertiary/aromatic N) is 1. The Balaban J connectivity index is 1.46. The van der Waals surface area contributed by atoms with Gasteiger partial charge in [0, 0.05) is 11.8 Å². The van der Waals surface area contributed by atoms with Crippen LogP contribution in [0.1, 0.15) is 60.0 Å². The number of carboxylic acids is 1. The number of aromatic carboxylic acids is 1. The fourth-order valence-corrected chi connectivity index (χ4v) is 6.37. The predicted molar refractivity (Wildman–Crippen MR) is 110 cm³/mol. The lowest BCUT2D eigenvalue weighted by molar-refractivity contribution is -0.00520. The first kappa shape index (κ1) is 18.2. The molecule has 6 rings (SSSR count). The van der Waals surface area contributed by atoms with E-state index in [2.05, 4.69) is 17.1 Å². The summed E-state index contributed by atoms with van der Waals surface area (Å²) < 4.78 is 0. The van der Waals surface area contributed by atoms with Gasteiger partial charge in [-0.2, -0.15) is 0 Å². The molecule has 29 heavy (non-hydrogen) atoms. The standard InChI is InChI=1S/C24H25NO4/c26-21-3-1-18(24-10-14-5-15(11-24)7-16(6-14)12-24)8-17(21)13-25-19-2-4-22(27)20(9-19)23(28)29/h1-4,8-9,13-16,26-27H,5-7,10-12H2,(H,28,29). The number of aromatic hydroxyl groups is 2. The first-order chi connectivity index (χ1) is 13.9. The fourth-order valence-electron chi connectivity index (χ4n) is 6.37. The van der Waals surface area contributed by atoms with Gasteiger partial charge in [-0.15, -0.1) is 0 Å². The van der Waals surface area contributed by atoms with Crippen LogP contribution < -0.4 is 0 Å². The number of phenolic OH excluding ortho intramolecular Hbond substituents is 1. The number of benzene rings is 2. The lowest BCUT2D eigenvalue weighted by Gasteiger charge is -2.57. The normalized spacial score (nSPS) is 30.1. The second-order valence-electron chi connectivity index (χ2n) is 9.24. The Hall–Kier alpha value is -2.82. The van der Waals surface area contributed by atoms with Gasteiger partial charge in [-0.1, -0.05) is 6.07 Å². The summed E-state index contributed by atoms with van der Waals surface area (Å²) in [6, 6.07) is 10.1. The van der Waals surface area contributed by atoms with Gasteiger partial charge >= 0.3 is 5.97 Å². The van der Waals surface area contributed by atoms with E-state index in [1.54, 1.807) is 18.3 Å². The number of carboxylic acid groups (broad SMARTS) is 1. The number of carbonyl (C=O) groups is 1. The molecule has 4 fully saturated rings. The Morgan fingerprint density at radius 1 is 0.931 bits per heavy atom. The topological polar surface area (TPSA) is 90.1 Å². The highest BCUT2D eigenvalue weighted by Crippen LogP contribution is 2.60. The molecule has 0 atom stereocenters. The van der Waals surface area contributed by atoms with E-state index in [1.165, 1.54) is 56.2 Å². The molecule has 5 heteroatoms. The molecular weight excluding hydrogens is 366 g/mol. The van der Waals surface area contributed by atoms with Gasteiger partial charge in [-0.3, -0.25) is 4.99 Å². The number of hydrogen-bond acceptors (Lipinski definition) is 4. The van der Waals surface area contributed by atoms with Gasteiger partial charge in [-0.05, 0) is 97.6 Å². The van der Waals surface area contributed by atoms with E-state index in [-0.39, 0.29) is 22.5 Å². The molecule has 3 N–H and O–H groups in total. The van der Waals surface area contributed by atoms with E-state index in [0.717, 1.165) is 17.8 Å². The van der Waals surface area contributed by atoms with Gasteiger partial charge in [0.1, 0.15) is 17.1 Å². The smallest absolute Gasteiger partial charge is 0.339 e. The minimum absolute atomic E-state index is 0.166. The van der Waals surface area contributed by atoms with Crippen LogP contribution in [0.25, 0.3) is 0 Å². The summed E-state index contributed by atoms with van der Waals surface area (Å²) in [6.07, 6.45) is 9.49. The van der Waals surface area contributed by atoms with Crippen molar-refractivity contribution in [2.24, 2.45) is 22.7 Å². The van der Waals surface area contributed by atoms with Crippen LogP contribution in [0.3, 0.4) is 0 Å². The second kappa shape index (κ2) is 6.61. The minimum atomic E-state index is -1.20. The monoisotopic (exact) mass is 391 g/mol. The maximum Gasteiger partial charge on any atom is 0.339 e. The number of aliphatic imine (C=N–C) groups is 1. The van der Waals surface area contributed by atoms with Gasteiger partial charge < -0.3 is 15.3 Å². The molecule has 2 aromatic rings. The molecule has 0 aromatic heterocycles. The average Bonchev–Trinajstić information content (AvgIpc) is 2.67. The van der Waals surface area contributed by atoms with Crippen molar-refractivity contribution in [3.63, 3.8) is 0 Å². The van der Waals surface area contributed by atoms with E-state index >= 15 is 0 Å². The SMILES string of the molecule is O=C(O)c1cc(N=Cc2cc(C34CC5CC(CC(C5)C3)C4)ccc2O)ccc1O. The molecule has 4 saturated carbocycles. The summed E-state index contributed by atoms with van der Waals surface area (Å²) >= 11 is 0. The summed E-state index contributed by atoms with van der Waals surface area (Å²) in [6.45, 7) is 0. The first-order valence-corrected chi connectivity index (χ1v) is 10.4. The molecule has 0 saturated heterocycles. The molecule has 0 amide bonds. The van der Waals surface area contributed by atoms with E-state index in [4.69, 9.17) is 5.11 Å². The largest absolute Gasteiger partial charge is 0.507 e. The van der Waals surface area contributed by atoms with Crippen molar-refractivity contribution in [3.8, 4) is 11.5 Å². The van der Waals surface area contributed by atoms with Gasteiger partial charge in [0.2, 0.25) is 0 Å². The Kier molecular flexibility index (Phi) is 4.16. The lowest BCUT2D eigenvalue weighted by atomic mass is 9.48. The molecular formula is C24H25NO4. The van der Waals surface area contributed by atoms with E-state index in [9.17, 15) is 15.0 Å². The quantitative estimate of drug-likeness (QED) is 0.639. The third kappa shape index (κ3) is 3.18. The van der Waals surface area contributed by atoms with Crippen LogP contribution in [0.5, 0.6) is 11.5 Å². The minimum Gasteiger partial charge on any atom is -0.507 e. The predicted octanol–water partition coefficient (Wildman–Crippen LogP) is 5.01. The summed E-state index contributed by atoms with van der Waals surface area (Å²) in [5.74, 6) is 1.21. The maximum atomic E-state index is 11.2. The van der Waals surface area contributed by atoms with Crippen molar-refractivity contribution in [2.75, 3.05) is 0 Å². The zero-order chi connectivity index (χ0) is 20.2. The Labute approximate surface area is 169 Å². The third-order valence-corrected chi connectivity index (χ3v) is 7.24. The molecule has 0 spiro atoms. The highest BCUT2D eigenvalue weighted by Gasteiger charge is 2.51. The van der Waals surface area contributed by atoms with Crippen molar-refractivity contribution in [1.82, 2.24) is 0 Å². The van der Waals surface area contributed by atoms with E-state index < -0.39 is 5.97 Å². The molecule has 150 valence electrons. The number of phenols is 2.